The van der Waals surface area contributed by atoms with Crippen LogP contribution in [0.4, 0.5) is 23.2 Å². The first-order chi connectivity index (χ1) is 19.0. The van der Waals surface area contributed by atoms with Gasteiger partial charge in [-0.15, -0.1) is 0 Å². The van der Waals surface area contributed by atoms with E-state index in [1.54, 1.807) is 33.2 Å². The van der Waals surface area contributed by atoms with Gasteiger partial charge in [0, 0.05) is 43.1 Å². The second kappa shape index (κ2) is 10.1. The molecule has 0 aliphatic heterocycles. The van der Waals surface area contributed by atoms with E-state index in [0.717, 1.165) is 18.2 Å². The molecule has 0 amide bonds. The van der Waals surface area contributed by atoms with E-state index in [4.69, 9.17) is 0 Å². The fourth-order valence-electron chi connectivity index (χ4n) is 4.73. The van der Waals surface area contributed by atoms with Crippen LogP contribution in [-0.4, -0.2) is 23.9 Å². The number of hydrogen-bond acceptors (Lipinski definition) is 5. The summed E-state index contributed by atoms with van der Waals surface area (Å²) in [4.78, 5) is 29.8. The molecule has 8 nitrogen and oxygen atoms in total. The van der Waals surface area contributed by atoms with E-state index in [-0.39, 0.29) is 16.6 Å². The van der Waals surface area contributed by atoms with Gasteiger partial charge in [-0.3, -0.25) is 19.1 Å². The Labute approximate surface area is 225 Å². The van der Waals surface area contributed by atoms with E-state index >= 15 is 0 Å². The first kappa shape index (κ1) is 26.9. The zero-order chi connectivity index (χ0) is 28.9. The first-order valence-electron chi connectivity index (χ1n) is 12.2. The molecule has 5 aromatic rings. The zero-order valence-electron chi connectivity index (χ0n) is 21.9. The minimum absolute atomic E-state index is 0.0102. The number of pyridine rings is 1. The summed E-state index contributed by atoms with van der Waals surface area (Å²) in [7, 11) is 3.13. The molecular weight excluding hydrogens is 528 g/mol. The van der Waals surface area contributed by atoms with Crippen molar-refractivity contribution in [3.05, 3.63) is 104 Å². The maximum Gasteiger partial charge on any atom is 0.273 e. The number of benzene rings is 2. The highest BCUT2D eigenvalue weighted by atomic mass is 19.3. The van der Waals surface area contributed by atoms with Crippen LogP contribution in [0.3, 0.4) is 0 Å². The second-order valence-electron chi connectivity index (χ2n) is 9.49. The molecule has 0 aliphatic rings. The van der Waals surface area contributed by atoms with Gasteiger partial charge in [0.2, 0.25) is 0 Å². The van der Waals surface area contributed by atoms with Crippen LogP contribution in [0.15, 0.2) is 64.6 Å². The number of nitrogens with one attached hydrogen (secondary N) is 1. The number of nitrogens with zero attached hydrogens (tertiary/aromatic N) is 5. The summed E-state index contributed by atoms with van der Waals surface area (Å²) in [5, 5.41) is 7.74. The smallest absolute Gasteiger partial charge is 0.273 e. The van der Waals surface area contributed by atoms with Crippen molar-refractivity contribution in [1.29, 1.82) is 0 Å². The van der Waals surface area contributed by atoms with E-state index in [0.29, 0.717) is 33.7 Å². The molecule has 0 radical (unpaired) electrons. The molecule has 1 atom stereocenters. The van der Waals surface area contributed by atoms with E-state index in [9.17, 15) is 27.2 Å². The van der Waals surface area contributed by atoms with Gasteiger partial charge in [0.1, 0.15) is 17.3 Å². The lowest BCUT2D eigenvalue weighted by atomic mass is 9.98. The molecule has 206 valence electrons. The highest BCUT2D eigenvalue weighted by molar-refractivity contribution is 5.89. The monoisotopic (exact) mass is 552 g/mol. The standard InChI is InChI=1S/C28H24F4N6O2/c1-14(35-23-6-5-17(29)7-22(23)26(31)32)19-8-18(30)9-21-20(19)10-24(36(3)28(21)40)16-11-34-38(13-16)25-12-33-15(2)27(39)37(25)4/h5-14,26,35H,1-4H3/t14-/m1/s1. The van der Waals surface area contributed by atoms with Gasteiger partial charge >= 0.3 is 0 Å². The third-order valence-electron chi connectivity index (χ3n) is 6.89. The SMILES string of the molecule is Cc1ncc(-n2cc(-c3cc4c([C@@H](C)Nc5ccc(F)cc5C(F)F)cc(F)cc4c(=O)n3C)cn2)n(C)c1=O. The Kier molecular flexibility index (Phi) is 6.78. The van der Waals surface area contributed by atoms with Gasteiger partial charge < -0.3 is 9.88 Å². The molecule has 5 rings (SSSR count). The molecule has 0 aliphatic carbocycles. The second-order valence-corrected chi connectivity index (χ2v) is 9.49. The van der Waals surface area contributed by atoms with Crippen molar-refractivity contribution in [2.75, 3.05) is 5.32 Å². The number of halogens is 4. The highest BCUT2D eigenvalue weighted by Crippen LogP contribution is 2.33. The fraction of sp³-hybridized carbons (Fsp3) is 0.214. The number of aryl methyl sites for hydroxylation is 1. The van der Waals surface area contributed by atoms with Crippen LogP contribution in [0.25, 0.3) is 27.8 Å². The largest absolute Gasteiger partial charge is 0.378 e. The summed E-state index contributed by atoms with van der Waals surface area (Å²) in [6.45, 7) is 3.24. The Morgan fingerprint density at radius 1 is 0.875 bits per heavy atom. The maximum absolute atomic E-state index is 14.7. The van der Waals surface area contributed by atoms with Gasteiger partial charge in [-0.25, -0.2) is 22.2 Å². The quantitative estimate of drug-likeness (QED) is 0.294. The molecular formula is C28H24F4N6O2. The van der Waals surface area contributed by atoms with Gasteiger partial charge in [0.15, 0.2) is 5.82 Å². The minimum atomic E-state index is -2.94. The Balaban J connectivity index is 1.63. The Bertz CT molecular complexity index is 1890. The van der Waals surface area contributed by atoms with Gasteiger partial charge in [-0.2, -0.15) is 5.10 Å². The lowest BCUT2D eigenvalue weighted by Crippen LogP contribution is -2.24. The summed E-state index contributed by atoms with van der Waals surface area (Å²) < 4.78 is 59.6. The van der Waals surface area contributed by atoms with Crippen molar-refractivity contribution < 1.29 is 17.6 Å². The molecule has 0 fully saturated rings. The van der Waals surface area contributed by atoms with Crippen molar-refractivity contribution in [3.63, 3.8) is 0 Å². The Hall–Kier alpha value is -4.74. The molecule has 0 spiro atoms. The van der Waals surface area contributed by atoms with E-state index in [1.807, 2.05) is 0 Å². The third-order valence-corrected chi connectivity index (χ3v) is 6.89. The molecule has 3 heterocycles. The van der Waals surface area contributed by atoms with Crippen LogP contribution in [0.1, 0.15) is 36.2 Å². The molecule has 12 heteroatoms. The van der Waals surface area contributed by atoms with Crippen molar-refractivity contribution in [2.24, 2.45) is 14.1 Å². The number of rotatable bonds is 6. The number of fused-ring (bicyclic) bond motifs is 1. The molecule has 2 aromatic carbocycles. The van der Waals surface area contributed by atoms with Crippen LogP contribution >= 0.6 is 0 Å². The van der Waals surface area contributed by atoms with Crippen LogP contribution in [0.5, 0.6) is 0 Å². The molecule has 0 unspecified atom stereocenters. The number of aromatic nitrogens is 5. The summed E-state index contributed by atoms with van der Waals surface area (Å²) in [6.07, 6.45) is 1.71. The van der Waals surface area contributed by atoms with Crippen molar-refractivity contribution >= 4 is 16.5 Å². The molecule has 1 N–H and O–H groups in total. The van der Waals surface area contributed by atoms with Crippen LogP contribution in [0, 0.1) is 18.6 Å². The third kappa shape index (κ3) is 4.65. The summed E-state index contributed by atoms with van der Waals surface area (Å²) in [6, 6.07) is 6.29. The summed E-state index contributed by atoms with van der Waals surface area (Å²) >= 11 is 0. The predicted molar refractivity (Wildman–Crippen MR) is 143 cm³/mol. The van der Waals surface area contributed by atoms with Crippen LogP contribution in [-0.2, 0) is 14.1 Å². The van der Waals surface area contributed by atoms with E-state index < -0.39 is 35.2 Å². The molecule has 40 heavy (non-hydrogen) atoms. The van der Waals surface area contributed by atoms with Crippen molar-refractivity contribution in [2.45, 2.75) is 26.3 Å². The van der Waals surface area contributed by atoms with Gasteiger partial charge in [0.25, 0.3) is 17.5 Å². The average molecular weight is 553 g/mol. The average Bonchev–Trinajstić information content (AvgIpc) is 3.39. The van der Waals surface area contributed by atoms with Crippen LogP contribution in [0.2, 0.25) is 0 Å². The Morgan fingerprint density at radius 2 is 1.60 bits per heavy atom. The maximum atomic E-state index is 14.7. The minimum Gasteiger partial charge on any atom is -0.378 e. The van der Waals surface area contributed by atoms with Crippen molar-refractivity contribution in [3.8, 4) is 17.1 Å². The van der Waals surface area contributed by atoms with E-state index in [2.05, 4.69) is 15.4 Å². The lowest BCUT2D eigenvalue weighted by Gasteiger charge is -2.21. The van der Waals surface area contributed by atoms with Gasteiger partial charge in [0.05, 0.1) is 23.5 Å². The topological polar surface area (TPSA) is 86.7 Å². The van der Waals surface area contributed by atoms with Crippen LogP contribution < -0.4 is 16.4 Å². The first-order valence-corrected chi connectivity index (χ1v) is 12.2. The normalized spacial score (nSPS) is 12.3. The Morgan fingerprint density at radius 3 is 2.33 bits per heavy atom. The van der Waals surface area contributed by atoms with Crippen molar-refractivity contribution in [1.82, 2.24) is 23.9 Å². The summed E-state index contributed by atoms with van der Waals surface area (Å²) in [5.74, 6) is -1.07. The lowest BCUT2D eigenvalue weighted by molar-refractivity contribution is 0.151. The molecule has 0 saturated carbocycles. The van der Waals surface area contributed by atoms with Gasteiger partial charge in [-0.05, 0) is 61.2 Å². The number of hydrogen-bond donors (Lipinski definition) is 1. The zero-order valence-corrected chi connectivity index (χ0v) is 21.9. The summed E-state index contributed by atoms with van der Waals surface area (Å²) in [5.41, 5.74) is 0.355. The molecule has 0 saturated heterocycles. The highest BCUT2D eigenvalue weighted by Gasteiger charge is 2.20. The fourth-order valence-corrected chi connectivity index (χ4v) is 4.73. The number of alkyl halides is 2. The van der Waals surface area contributed by atoms with Gasteiger partial charge in [-0.1, -0.05) is 0 Å². The number of anilines is 1. The van der Waals surface area contributed by atoms with E-state index in [1.165, 1.54) is 45.4 Å². The predicted octanol–water partition coefficient (Wildman–Crippen LogP) is 5.18. The molecule has 3 aromatic heterocycles. The molecule has 0 bridgehead atoms.